The minimum absolute atomic E-state index is 0.114. The highest BCUT2D eigenvalue weighted by Gasteiger charge is 2.24. The van der Waals surface area contributed by atoms with Crippen LogP contribution in [0.3, 0.4) is 0 Å². The van der Waals surface area contributed by atoms with Gasteiger partial charge < -0.3 is 5.32 Å². The van der Waals surface area contributed by atoms with E-state index in [-0.39, 0.29) is 6.04 Å². The fourth-order valence-corrected chi connectivity index (χ4v) is 5.45. The maximum Gasteiger partial charge on any atom is 0.250 e. The van der Waals surface area contributed by atoms with E-state index in [1.165, 1.54) is 17.8 Å². The molecule has 21 heavy (non-hydrogen) atoms. The quantitative estimate of drug-likeness (QED) is 0.842. The summed E-state index contributed by atoms with van der Waals surface area (Å²) in [6.07, 6.45) is 5.40. The van der Waals surface area contributed by atoms with Gasteiger partial charge in [0.05, 0.1) is 0 Å². The number of hydrogen-bond acceptors (Lipinski definition) is 4. The van der Waals surface area contributed by atoms with E-state index in [0.717, 1.165) is 42.7 Å². The molecular formula is C15H26N2O2S2. The number of thiophene rings is 1. The Morgan fingerprint density at radius 1 is 1.29 bits per heavy atom. The monoisotopic (exact) mass is 330 g/mol. The molecule has 0 radical (unpaired) electrons. The van der Waals surface area contributed by atoms with E-state index in [4.69, 9.17) is 0 Å². The molecule has 4 nitrogen and oxygen atoms in total. The number of hydrogen-bond donors (Lipinski definition) is 2. The maximum atomic E-state index is 12.5. The molecule has 0 amide bonds. The molecule has 1 aliphatic rings. The normalized spacial score (nSPS) is 17.5. The van der Waals surface area contributed by atoms with E-state index >= 15 is 0 Å². The average molecular weight is 331 g/mol. The molecule has 1 saturated carbocycles. The van der Waals surface area contributed by atoms with Crippen molar-refractivity contribution < 1.29 is 8.42 Å². The Labute approximate surface area is 132 Å². The maximum absolute atomic E-state index is 12.5. The average Bonchev–Trinajstić information content (AvgIpc) is 2.79. The summed E-state index contributed by atoms with van der Waals surface area (Å²) in [5, 5.41) is 3.34. The highest BCUT2D eigenvalue weighted by molar-refractivity contribution is 7.91. The van der Waals surface area contributed by atoms with Gasteiger partial charge in [-0.25, -0.2) is 13.1 Å². The van der Waals surface area contributed by atoms with Crippen LogP contribution in [0.4, 0.5) is 0 Å². The van der Waals surface area contributed by atoms with Gasteiger partial charge in [-0.1, -0.05) is 33.1 Å². The molecule has 0 bridgehead atoms. The van der Waals surface area contributed by atoms with E-state index in [1.807, 2.05) is 6.92 Å². The standard InChI is InChI=1S/C15H26N2O2S2/c1-11(2)16-10-14-12(3)9-15(20-14)21(18,19)17-13-7-5-4-6-8-13/h9,11,13,16-17H,4-8,10H2,1-3H3. The molecule has 0 unspecified atom stereocenters. The highest BCUT2D eigenvalue weighted by atomic mass is 32.2. The molecular weight excluding hydrogens is 304 g/mol. The molecule has 0 aliphatic heterocycles. The van der Waals surface area contributed by atoms with Crippen LogP contribution in [0, 0.1) is 6.92 Å². The van der Waals surface area contributed by atoms with Gasteiger partial charge in [-0.05, 0) is 31.4 Å². The first kappa shape index (κ1) is 16.9. The Kier molecular flexibility index (Phi) is 5.82. The van der Waals surface area contributed by atoms with Gasteiger partial charge in [-0.3, -0.25) is 0 Å². The van der Waals surface area contributed by atoms with E-state index in [9.17, 15) is 8.42 Å². The van der Waals surface area contributed by atoms with E-state index in [0.29, 0.717) is 10.3 Å². The summed E-state index contributed by atoms with van der Waals surface area (Å²) in [4.78, 5) is 1.10. The second kappa shape index (κ2) is 7.22. The van der Waals surface area contributed by atoms with Crippen molar-refractivity contribution in [2.75, 3.05) is 0 Å². The summed E-state index contributed by atoms with van der Waals surface area (Å²) in [5.74, 6) is 0. The van der Waals surface area contributed by atoms with Crippen molar-refractivity contribution >= 4 is 21.4 Å². The van der Waals surface area contributed by atoms with Crippen molar-refractivity contribution in [1.82, 2.24) is 10.0 Å². The Hall–Kier alpha value is -0.430. The molecule has 120 valence electrons. The molecule has 0 atom stereocenters. The molecule has 0 spiro atoms. The lowest BCUT2D eigenvalue weighted by molar-refractivity contribution is 0.412. The predicted molar refractivity (Wildman–Crippen MR) is 88.2 cm³/mol. The van der Waals surface area contributed by atoms with Gasteiger partial charge >= 0.3 is 0 Å². The number of nitrogens with one attached hydrogen (secondary N) is 2. The fourth-order valence-electron chi connectivity index (χ4n) is 2.59. The minimum Gasteiger partial charge on any atom is -0.310 e. The van der Waals surface area contributed by atoms with Crippen LogP contribution in [-0.4, -0.2) is 20.5 Å². The third-order valence-corrected chi connectivity index (χ3v) is 7.09. The molecule has 1 aliphatic carbocycles. The van der Waals surface area contributed by atoms with Gasteiger partial charge in [0, 0.05) is 23.5 Å². The Bertz CT molecular complexity index is 558. The van der Waals surface area contributed by atoms with Gasteiger partial charge in [0.2, 0.25) is 10.0 Å². The zero-order valence-corrected chi connectivity index (χ0v) is 14.7. The number of rotatable bonds is 6. The molecule has 1 fully saturated rings. The number of sulfonamides is 1. The molecule has 1 heterocycles. The first-order chi connectivity index (χ1) is 9.88. The van der Waals surface area contributed by atoms with Gasteiger partial charge in [0.15, 0.2) is 0 Å². The molecule has 1 aromatic heterocycles. The Balaban J connectivity index is 2.07. The summed E-state index contributed by atoms with van der Waals surface area (Å²) in [6.45, 7) is 6.89. The summed E-state index contributed by atoms with van der Waals surface area (Å²) in [5.41, 5.74) is 1.05. The third-order valence-electron chi connectivity index (χ3n) is 3.86. The van der Waals surface area contributed by atoms with Crippen LogP contribution in [-0.2, 0) is 16.6 Å². The van der Waals surface area contributed by atoms with Crippen molar-refractivity contribution in [3.63, 3.8) is 0 Å². The van der Waals surface area contributed by atoms with Crippen molar-refractivity contribution in [2.45, 2.75) is 75.7 Å². The minimum atomic E-state index is -3.36. The highest BCUT2D eigenvalue weighted by Crippen LogP contribution is 2.27. The van der Waals surface area contributed by atoms with Crippen molar-refractivity contribution in [2.24, 2.45) is 0 Å². The Morgan fingerprint density at radius 3 is 2.57 bits per heavy atom. The van der Waals surface area contributed by atoms with E-state index in [2.05, 4.69) is 23.9 Å². The van der Waals surface area contributed by atoms with Crippen LogP contribution in [0.5, 0.6) is 0 Å². The summed E-state index contributed by atoms with van der Waals surface area (Å²) in [7, 11) is -3.36. The van der Waals surface area contributed by atoms with Gasteiger partial charge in [-0.15, -0.1) is 11.3 Å². The molecule has 2 N–H and O–H groups in total. The topological polar surface area (TPSA) is 58.2 Å². The smallest absolute Gasteiger partial charge is 0.250 e. The fraction of sp³-hybridized carbons (Fsp3) is 0.733. The first-order valence-electron chi connectivity index (χ1n) is 7.73. The van der Waals surface area contributed by atoms with Crippen molar-refractivity contribution in [3.05, 3.63) is 16.5 Å². The van der Waals surface area contributed by atoms with Gasteiger partial charge in [0.25, 0.3) is 0 Å². The molecule has 0 saturated heterocycles. The second-order valence-corrected chi connectivity index (χ2v) is 9.24. The lowest BCUT2D eigenvalue weighted by atomic mass is 9.96. The molecule has 1 aromatic rings. The Morgan fingerprint density at radius 2 is 1.95 bits per heavy atom. The zero-order chi connectivity index (χ0) is 15.5. The largest absolute Gasteiger partial charge is 0.310 e. The number of aryl methyl sites for hydroxylation is 1. The lowest BCUT2D eigenvalue weighted by Crippen LogP contribution is -2.35. The van der Waals surface area contributed by atoms with Crippen molar-refractivity contribution in [1.29, 1.82) is 0 Å². The van der Waals surface area contributed by atoms with Crippen LogP contribution in [0.15, 0.2) is 10.3 Å². The summed E-state index contributed by atoms with van der Waals surface area (Å²) < 4.78 is 28.3. The van der Waals surface area contributed by atoms with Crippen molar-refractivity contribution in [3.8, 4) is 0 Å². The zero-order valence-electron chi connectivity index (χ0n) is 13.1. The summed E-state index contributed by atoms with van der Waals surface area (Å²) in [6, 6.07) is 2.31. The third kappa shape index (κ3) is 4.77. The SMILES string of the molecule is Cc1cc(S(=O)(=O)NC2CCCCC2)sc1CNC(C)C. The first-order valence-corrected chi connectivity index (χ1v) is 10.0. The van der Waals surface area contributed by atoms with Crippen LogP contribution in [0.25, 0.3) is 0 Å². The van der Waals surface area contributed by atoms with E-state index < -0.39 is 10.0 Å². The van der Waals surface area contributed by atoms with E-state index in [1.54, 1.807) is 6.07 Å². The van der Waals surface area contributed by atoms with Crippen LogP contribution in [0.1, 0.15) is 56.4 Å². The van der Waals surface area contributed by atoms with Crippen LogP contribution in [0.2, 0.25) is 0 Å². The summed E-state index contributed by atoms with van der Waals surface area (Å²) >= 11 is 1.38. The molecule has 6 heteroatoms. The second-order valence-electron chi connectivity index (χ2n) is 6.16. The molecule has 0 aromatic carbocycles. The molecule has 2 rings (SSSR count). The lowest BCUT2D eigenvalue weighted by Gasteiger charge is -2.22. The van der Waals surface area contributed by atoms with Crippen LogP contribution >= 0.6 is 11.3 Å². The van der Waals surface area contributed by atoms with Crippen LogP contribution < -0.4 is 10.0 Å². The van der Waals surface area contributed by atoms with Gasteiger partial charge in [-0.2, -0.15) is 0 Å². The van der Waals surface area contributed by atoms with Gasteiger partial charge in [0.1, 0.15) is 4.21 Å². The predicted octanol–water partition coefficient (Wildman–Crippen LogP) is 3.17.